The molecular formula is C16H24N2. The Bertz CT molecular complexity index is 550. The van der Waals surface area contributed by atoms with Crippen LogP contribution in [0.1, 0.15) is 42.9 Å². The summed E-state index contributed by atoms with van der Waals surface area (Å²) in [6.45, 7) is 10.7. The van der Waals surface area contributed by atoms with Gasteiger partial charge in [-0.15, -0.1) is 0 Å². The molecule has 0 aliphatic carbocycles. The molecule has 2 heteroatoms. The van der Waals surface area contributed by atoms with Crippen molar-refractivity contribution in [3.63, 3.8) is 0 Å². The summed E-state index contributed by atoms with van der Waals surface area (Å²) in [5, 5.41) is 1.45. The first-order chi connectivity index (χ1) is 8.56. The van der Waals surface area contributed by atoms with Crippen LogP contribution in [0.5, 0.6) is 0 Å². The SMILES string of the molecule is Cc1ccc(C)c2c1c(C(C)C)cn2CCCN. The monoisotopic (exact) mass is 244 g/mol. The normalized spacial score (nSPS) is 11.7. The Labute approximate surface area is 110 Å². The topological polar surface area (TPSA) is 30.9 Å². The van der Waals surface area contributed by atoms with Gasteiger partial charge in [-0.05, 0) is 49.4 Å². The van der Waals surface area contributed by atoms with E-state index in [0.29, 0.717) is 5.92 Å². The lowest BCUT2D eigenvalue weighted by atomic mass is 9.98. The molecule has 2 rings (SSSR count). The van der Waals surface area contributed by atoms with E-state index in [1.165, 1.54) is 27.6 Å². The molecule has 1 heterocycles. The summed E-state index contributed by atoms with van der Waals surface area (Å²) in [5.74, 6) is 0.562. The molecule has 0 bridgehead atoms. The minimum absolute atomic E-state index is 0.562. The van der Waals surface area contributed by atoms with Crippen LogP contribution >= 0.6 is 0 Å². The Hall–Kier alpha value is -1.28. The Balaban J connectivity index is 2.68. The first-order valence-electron chi connectivity index (χ1n) is 6.85. The highest BCUT2D eigenvalue weighted by molar-refractivity contribution is 5.90. The van der Waals surface area contributed by atoms with Crippen molar-refractivity contribution < 1.29 is 0 Å². The van der Waals surface area contributed by atoms with E-state index in [0.717, 1.165) is 19.5 Å². The fourth-order valence-electron chi connectivity index (χ4n) is 2.70. The molecule has 0 amide bonds. The minimum Gasteiger partial charge on any atom is -0.347 e. The molecule has 1 aromatic carbocycles. The van der Waals surface area contributed by atoms with Crippen LogP contribution < -0.4 is 5.73 Å². The molecule has 2 aromatic rings. The van der Waals surface area contributed by atoms with E-state index in [-0.39, 0.29) is 0 Å². The van der Waals surface area contributed by atoms with Crippen molar-refractivity contribution in [2.24, 2.45) is 5.73 Å². The molecule has 0 unspecified atom stereocenters. The molecule has 0 radical (unpaired) electrons. The van der Waals surface area contributed by atoms with Crippen LogP contribution in [0.2, 0.25) is 0 Å². The molecule has 0 atom stereocenters. The predicted octanol–water partition coefficient (Wildman–Crippen LogP) is 3.73. The molecule has 0 spiro atoms. The van der Waals surface area contributed by atoms with Gasteiger partial charge in [0, 0.05) is 18.1 Å². The van der Waals surface area contributed by atoms with Crippen molar-refractivity contribution in [3.8, 4) is 0 Å². The van der Waals surface area contributed by atoms with Gasteiger partial charge < -0.3 is 10.3 Å². The zero-order valence-electron chi connectivity index (χ0n) is 12.0. The second-order valence-corrected chi connectivity index (χ2v) is 5.50. The second-order valence-electron chi connectivity index (χ2n) is 5.50. The van der Waals surface area contributed by atoms with Crippen molar-refractivity contribution in [1.29, 1.82) is 0 Å². The van der Waals surface area contributed by atoms with Gasteiger partial charge in [0.15, 0.2) is 0 Å². The van der Waals surface area contributed by atoms with Crippen molar-refractivity contribution in [2.45, 2.75) is 46.6 Å². The zero-order valence-corrected chi connectivity index (χ0v) is 12.0. The summed E-state index contributed by atoms with van der Waals surface area (Å²) in [5.41, 5.74) is 11.2. The van der Waals surface area contributed by atoms with Crippen molar-refractivity contribution in [2.75, 3.05) is 6.54 Å². The van der Waals surface area contributed by atoms with Crippen LogP contribution in [-0.2, 0) is 6.54 Å². The van der Waals surface area contributed by atoms with Crippen LogP contribution in [0, 0.1) is 13.8 Å². The average Bonchev–Trinajstić information content (AvgIpc) is 2.72. The van der Waals surface area contributed by atoms with E-state index < -0.39 is 0 Å². The highest BCUT2D eigenvalue weighted by Crippen LogP contribution is 2.32. The summed E-state index contributed by atoms with van der Waals surface area (Å²) in [6.07, 6.45) is 3.36. The standard InChI is InChI=1S/C16H24N2/c1-11(2)14-10-18(9-5-8-17)16-13(4)7-6-12(3)15(14)16/h6-7,10-11H,5,8-9,17H2,1-4H3. The molecule has 98 valence electrons. The Morgan fingerprint density at radius 2 is 1.83 bits per heavy atom. The van der Waals surface area contributed by atoms with Crippen molar-refractivity contribution in [1.82, 2.24) is 4.57 Å². The number of rotatable bonds is 4. The molecule has 2 nitrogen and oxygen atoms in total. The minimum atomic E-state index is 0.562. The summed E-state index contributed by atoms with van der Waals surface area (Å²) in [7, 11) is 0. The Morgan fingerprint density at radius 3 is 2.44 bits per heavy atom. The van der Waals surface area contributed by atoms with E-state index in [4.69, 9.17) is 5.73 Å². The fraction of sp³-hybridized carbons (Fsp3) is 0.500. The molecule has 1 aromatic heterocycles. The second kappa shape index (κ2) is 5.15. The highest BCUT2D eigenvalue weighted by atomic mass is 15.0. The van der Waals surface area contributed by atoms with Crippen LogP contribution in [0.4, 0.5) is 0 Å². The summed E-state index contributed by atoms with van der Waals surface area (Å²) >= 11 is 0. The lowest BCUT2D eigenvalue weighted by molar-refractivity contribution is 0.666. The zero-order chi connectivity index (χ0) is 13.3. The summed E-state index contributed by atoms with van der Waals surface area (Å²) in [6, 6.07) is 4.46. The van der Waals surface area contributed by atoms with Crippen LogP contribution in [0.15, 0.2) is 18.3 Å². The first-order valence-corrected chi connectivity index (χ1v) is 6.85. The molecule has 0 aliphatic heterocycles. The first kappa shape index (κ1) is 13.2. The van der Waals surface area contributed by atoms with Gasteiger partial charge in [-0.25, -0.2) is 0 Å². The maximum absolute atomic E-state index is 5.64. The third kappa shape index (κ3) is 2.17. The number of hydrogen-bond acceptors (Lipinski definition) is 1. The third-order valence-corrected chi connectivity index (χ3v) is 3.68. The molecule has 0 aliphatic rings. The molecule has 0 saturated heterocycles. The number of aromatic nitrogens is 1. The lowest BCUT2D eigenvalue weighted by Gasteiger charge is -2.08. The van der Waals surface area contributed by atoms with Crippen LogP contribution in [0.3, 0.4) is 0 Å². The average molecular weight is 244 g/mol. The molecular weight excluding hydrogens is 220 g/mol. The van der Waals surface area contributed by atoms with Gasteiger partial charge in [0.1, 0.15) is 0 Å². The largest absolute Gasteiger partial charge is 0.347 e. The molecule has 18 heavy (non-hydrogen) atoms. The van der Waals surface area contributed by atoms with Gasteiger partial charge in [-0.2, -0.15) is 0 Å². The highest BCUT2D eigenvalue weighted by Gasteiger charge is 2.14. The molecule has 0 fully saturated rings. The van der Waals surface area contributed by atoms with Gasteiger partial charge in [-0.1, -0.05) is 26.0 Å². The maximum atomic E-state index is 5.64. The number of aryl methyl sites for hydroxylation is 3. The van der Waals surface area contributed by atoms with E-state index in [1.807, 2.05) is 0 Å². The van der Waals surface area contributed by atoms with Crippen molar-refractivity contribution >= 4 is 10.9 Å². The predicted molar refractivity (Wildman–Crippen MR) is 79.2 cm³/mol. The van der Waals surface area contributed by atoms with Crippen LogP contribution in [0.25, 0.3) is 10.9 Å². The van der Waals surface area contributed by atoms with E-state index in [9.17, 15) is 0 Å². The number of nitrogens with zero attached hydrogens (tertiary/aromatic N) is 1. The van der Waals surface area contributed by atoms with Gasteiger partial charge in [0.25, 0.3) is 0 Å². The van der Waals surface area contributed by atoms with Crippen LogP contribution in [-0.4, -0.2) is 11.1 Å². The Morgan fingerprint density at radius 1 is 1.17 bits per heavy atom. The summed E-state index contributed by atoms with van der Waals surface area (Å²) in [4.78, 5) is 0. The quantitative estimate of drug-likeness (QED) is 0.873. The number of fused-ring (bicyclic) bond motifs is 1. The Kier molecular flexibility index (Phi) is 3.76. The maximum Gasteiger partial charge on any atom is 0.0515 e. The lowest BCUT2D eigenvalue weighted by Crippen LogP contribution is -2.05. The summed E-state index contributed by atoms with van der Waals surface area (Å²) < 4.78 is 2.39. The van der Waals surface area contributed by atoms with Gasteiger partial charge >= 0.3 is 0 Å². The fourth-order valence-corrected chi connectivity index (χ4v) is 2.70. The van der Waals surface area contributed by atoms with E-state index in [2.05, 4.69) is 50.6 Å². The van der Waals surface area contributed by atoms with Crippen molar-refractivity contribution in [3.05, 3.63) is 35.0 Å². The van der Waals surface area contributed by atoms with Gasteiger partial charge in [0.05, 0.1) is 5.52 Å². The van der Waals surface area contributed by atoms with Gasteiger partial charge in [-0.3, -0.25) is 0 Å². The van der Waals surface area contributed by atoms with E-state index >= 15 is 0 Å². The van der Waals surface area contributed by atoms with Gasteiger partial charge in [0.2, 0.25) is 0 Å². The third-order valence-electron chi connectivity index (χ3n) is 3.68. The number of nitrogens with two attached hydrogens (primary N) is 1. The smallest absolute Gasteiger partial charge is 0.0515 e. The number of hydrogen-bond donors (Lipinski definition) is 1. The van der Waals surface area contributed by atoms with E-state index in [1.54, 1.807) is 0 Å². The molecule has 2 N–H and O–H groups in total. The number of benzene rings is 1. The molecule has 0 saturated carbocycles.